The van der Waals surface area contributed by atoms with Gasteiger partial charge in [-0.15, -0.1) is 5.10 Å². The van der Waals surface area contributed by atoms with Crippen molar-refractivity contribution >= 4 is 11.7 Å². The number of fused-ring (bicyclic) bond motifs is 1. The second kappa shape index (κ2) is 6.59. The minimum atomic E-state index is -0.271. The minimum absolute atomic E-state index is 0.153. The van der Waals surface area contributed by atoms with Gasteiger partial charge < -0.3 is 10.1 Å². The fourth-order valence-corrected chi connectivity index (χ4v) is 2.73. The molecule has 124 valence electrons. The van der Waals surface area contributed by atoms with Crippen molar-refractivity contribution in [3.8, 4) is 0 Å². The Kier molecular flexibility index (Phi) is 4.53. The molecule has 0 radical (unpaired) electrons. The van der Waals surface area contributed by atoms with Gasteiger partial charge in [-0.3, -0.25) is 9.69 Å². The molecule has 1 fully saturated rings. The zero-order valence-corrected chi connectivity index (χ0v) is 13.7. The maximum absolute atomic E-state index is 12.3. The Morgan fingerprint density at radius 1 is 1.35 bits per heavy atom. The molecule has 0 saturated carbocycles. The van der Waals surface area contributed by atoms with Crippen LogP contribution in [0.4, 0.5) is 0 Å². The van der Waals surface area contributed by atoms with Gasteiger partial charge in [0.1, 0.15) is 0 Å². The third-order valence-electron chi connectivity index (χ3n) is 4.05. The number of aromatic nitrogens is 4. The molecule has 1 N–H and O–H groups in total. The lowest BCUT2D eigenvalue weighted by atomic mass is 10.2. The van der Waals surface area contributed by atoms with Crippen LogP contribution in [-0.4, -0.2) is 69.3 Å². The number of morpholine rings is 1. The maximum Gasteiger partial charge on any atom is 0.291 e. The molecule has 8 heteroatoms. The van der Waals surface area contributed by atoms with Crippen LogP contribution >= 0.6 is 0 Å². The summed E-state index contributed by atoms with van der Waals surface area (Å²) in [4.78, 5) is 23.1. The number of hydrogen-bond acceptors (Lipinski definition) is 6. The molecular weight excluding hydrogens is 296 g/mol. The number of hydrogen-bond donors (Lipinski definition) is 1. The van der Waals surface area contributed by atoms with Gasteiger partial charge in [0.15, 0.2) is 0 Å². The minimum Gasteiger partial charge on any atom is -0.379 e. The van der Waals surface area contributed by atoms with Crippen molar-refractivity contribution in [2.45, 2.75) is 26.8 Å². The van der Waals surface area contributed by atoms with Gasteiger partial charge in [-0.1, -0.05) is 0 Å². The average Bonchev–Trinajstić information content (AvgIpc) is 2.97. The van der Waals surface area contributed by atoms with E-state index in [-0.39, 0.29) is 17.8 Å². The average molecular weight is 318 g/mol. The molecule has 2 aromatic rings. The van der Waals surface area contributed by atoms with Crippen molar-refractivity contribution in [1.29, 1.82) is 0 Å². The lowest BCUT2D eigenvalue weighted by Crippen LogP contribution is -2.47. The Bertz CT molecular complexity index is 707. The number of ether oxygens (including phenoxy) is 1. The van der Waals surface area contributed by atoms with E-state index in [1.165, 1.54) is 0 Å². The zero-order chi connectivity index (χ0) is 16.4. The first-order valence-corrected chi connectivity index (χ1v) is 7.85. The molecule has 0 aromatic carbocycles. The van der Waals surface area contributed by atoms with E-state index in [1.54, 1.807) is 4.52 Å². The monoisotopic (exact) mass is 318 g/mol. The van der Waals surface area contributed by atoms with Crippen molar-refractivity contribution in [1.82, 2.24) is 29.8 Å². The highest BCUT2D eigenvalue weighted by Crippen LogP contribution is 2.06. The fraction of sp³-hybridized carbons (Fsp3) is 0.600. The molecule has 8 nitrogen and oxygen atoms in total. The van der Waals surface area contributed by atoms with Gasteiger partial charge in [0.05, 0.1) is 13.2 Å². The number of nitrogens with zero attached hydrogens (tertiary/aromatic N) is 5. The van der Waals surface area contributed by atoms with Crippen LogP contribution in [0.2, 0.25) is 0 Å². The normalized spacial score (nSPS) is 17.3. The van der Waals surface area contributed by atoms with E-state index >= 15 is 0 Å². The van der Waals surface area contributed by atoms with E-state index in [2.05, 4.69) is 32.2 Å². The molecule has 1 aliphatic rings. The molecule has 0 aliphatic carbocycles. The molecule has 1 aliphatic heterocycles. The molecule has 3 heterocycles. The molecule has 0 unspecified atom stereocenters. The Balaban J connectivity index is 1.65. The van der Waals surface area contributed by atoms with Crippen molar-refractivity contribution in [3.63, 3.8) is 0 Å². The van der Waals surface area contributed by atoms with Crippen LogP contribution in [0.25, 0.3) is 5.78 Å². The standard InChI is InChI=1S/C15H22N6O2/c1-10-8-11(2)21-15(17-10)18-13(19-21)14(22)16-9-12(3)20-4-6-23-7-5-20/h8,12H,4-7,9H2,1-3H3,(H,16,22)/t12-/m0/s1. The molecule has 23 heavy (non-hydrogen) atoms. The van der Waals surface area contributed by atoms with Gasteiger partial charge in [-0.25, -0.2) is 9.50 Å². The van der Waals surface area contributed by atoms with Crippen LogP contribution in [0.1, 0.15) is 28.9 Å². The molecule has 0 spiro atoms. The summed E-state index contributed by atoms with van der Waals surface area (Å²) in [5, 5.41) is 7.14. The lowest BCUT2D eigenvalue weighted by molar-refractivity contribution is 0.0204. The second-order valence-electron chi connectivity index (χ2n) is 5.89. The smallest absolute Gasteiger partial charge is 0.291 e. The van der Waals surface area contributed by atoms with Gasteiger partial charge in [-0.2, -0.15) is 4.98 Å². The van der Waals surface area contributed by atoms with Gasteiger partial charge in [-0.05, 0) is 26.8 Å². The molecule has 3 rings (SSSR count). The fourth-order valence-electron chi connectivity index (χ4n) is 2.73. The van der Waals surface area contributed by atoms with Crippen LogP contribution in [-0.2, 0) is 4.74 Å². The summed E-state index contributed by atoms with van der Waals surface area (Å²) >= 11 is 0. The first-order valence-electron chi connectivity index (χ1n) is 7.85. The van der Waals surface area contributed by atoms with E-state index < -0.39 is 0 Å². The molecule has 1 saturated heterocycles. The van der Waals surface area contributed by atoms with Crippen LogP contribution in [0.3, 0.4) is 0 Å². The largest absolute Gasteiger partial charge is 0.379 e. The summed E-state index contributed by atoms with van der Waals surface area (Å²) in [6, 6.07) is 2.16. The van der Waals surface area contributed by atoms with Gasteiger partial charge in [0.2, 0.25) is 5.82 Å². The number of nitrogens with one attached hydrogen (secondary N) is 1. The molecule has 0 bridgehead atoms. The summed E-state index contributed by atoms with van der Waals surface area (Å²) < 4.78 is 6.93. The van der Waals surface area contributed by atoms with Crippen molar-refractivity contribution in [2.75, 3.05) is 32.8 Å². The Morgan fingerprint density at radius 2 is 2.09 bits per heavy atom. The second-order valence-corrected chi connectivity index (χ2v) is 5.89. The summed E-state index contributed by atoms with van der Waals surface area (Å²) in [5.41, 5.74) is 1.76. The van der Waals surface area contributed by atoms with E-state index in [0.717, 1.165) is 37.7 Å². The van der Waals surface area contributed by atoms with Crippen molar-refractivity contribution < 1.29 is 9.53 Å². The predicted molar refractivity (Wildman–Crippen MR) is 84.4 cm³/mol. The van der Waals surface area contributed by atoms with E-state index in [0.29, 0.717) is 12.3 Å². The van der Waals surface area contributed by atoms with Gasteiger partial charge in [0.25, 0.3) is 11.7 Å². The van der Waals surface area contributed by atoms with Gasteiger partial charge >= 0.3 is 0 Å². The molecule has 1 atom stereocenters. The van der Waals surface area contributed by atoms with Crippen LogP contribution < -0.4 is 5.32 Å². The third kappa shape index (κ3) is 3.48. The summed E-state index contributed by atoms with van der Waals surface area (Å²) in [7, 11) is 0. The number of carbonyl (C=O) groups excluding carboxylic acids is 1. The summed E-state index contributed by atoms with van der Waals surface area (Å²) in [5.74, 6) is 0.335. The topological polar surface area (TPSA) is 84.7 Å². The number of rotatable bonds is 4. The third-order valence-corrected chi connectivity index (χ3v) is 4.05. The summed E-state index contributed by atoms with van der Waals surface area (Å²) in [6.45, 7) is 9.74. The molecule has 1 amide bonds. The van der Waals surface area contributed by atoms with Crippen LogP contribution in [0, 0.1) is 13.8 Å². The Morgan fingerprint density at radius 3 is 2.83 bits per heavy atom. The van der Waals surface area contributed by atoms with Crippen molar-refractivity contribution in [3.05, 3.63) is 23.3 Å². The number of amides is 1. The highest BCUT2D eigenvalue weighted by atomic mass is 16.5. The van der Waals surface area contributed by atoms with Crippen molar-refractivity contribution in [2.24, 2.45) is 0 Å². The first-order chi connectivity index (χ1) is 11.0. The van der Waals surface area contributed by atoms with Crippen LogP contribution in [0.5, 0.6) is 0 Å². The van der Waals surface area contributed by atoms with E-state index in [9.17, 15) is 4.79 Å². The van der Waals surface area contributed by atoms with E-state index in [4.69, 9.17) is 4.74 Å². The Labute approximate surface area is 134 Å². The first kappa shape index (κ1) is 15.8. The van der Waals surface area contributed by atoms with Crippen LogP contribution in [0.15, 0.2) is 6.07 Å². The SMILES string of the molecule is Cc1cc(C)n2nc(C(=O)NC[C@H](C)N3CCOCC3)nc2n1. The molecule has 2 aromatic heterocycles. The highest BCUT2D eigenvalue weighted by molar-refractivity contribution is 5.90. The Hall–Kier alpha value is -2.06. The predicted octanol–water partition coefficient (Wildman–Crippen LogP) is 0.192. The number of aryl methyl sites for hydroxylation is 2. The number of carbonyl (C=O) groups is 1. The highest BCUT2D eigenvalue weighted by Gasteiger charge is 2.19. The summed E-state index contributed by atoms with van der Waals surface area (Å²) in [6.07, 6.45) is 0. The quantitative estimate of drug-likeness (QED) is 0.866. The van der Waals surface area contributed by atoms with E-state index in [1.807, 2.05) is 19.9 Å². The zero-order valence-electron chi connectivity index (χ0n) is 13.7. The molecular formula is C15H22N6O2. The maximum atomic E-state index is 12.3. The lowest BCUT2D eigenvalue weighted by Gasteiger charge is -2.32. The van der Waals surface area contributed by atoms with Gasteiger partial charge in [0, 0.05) is 37.1 Å².